The summed E-state index contributed by atoms with van der Waals surface area (Å²) in [5.41, 5.74) is 2.23. The van der Waals surface area contributed by atoms with Gasteiger partial charge in [0.2, 0.25) is 5.95 Å². The third-order valence-corrected chi connectivity index (χ3v) is 4.55. The van der Waals surface area contributed by atoms with E-state index in [0.717, 1.165) is 29.4 Å². The maximum atomic E-state index is 4.79. The molecule has 1 saturated heterocycles. The van der Waals surface area contributed by atoms with Gasteiger partial charge in [0.05, 0.1) is 11.0 Å². The van der Waals surface area contributed by atoms with E-state index in [1.807, 2.05) is 0 Å². The van der Waals surface area contributed by atoms with Crippen molar-refractivity contribution in [3.05, 3.63) is 24.3 Å². The van der Waals surface area contributed by atoms with E-state index < -0.39 is 0 Å². The number of fused-ring (bicyclic) bond motifs is 1. The van der Waals surface area contributed by atoms with Gasteiger partial charge in [-0.25, -0.2) is 4.98 Å². The average Bonchev–Trinajstić information content (AvgIpc) is 3.24. The van der Waals surface area contributed by atoms with Crippen molar-refractivity contribution >= 4 is 17.0 Å². The monoisotopic (exact) mass is 270 g/mol. The summed E-state index contributed by atoms with van der Waals surface area (Å²) < 4.78 is 0. The summed E-state index contributed by atoms with van der Waals surface area (Å²) in [6.07, 6.45) is 5.23. The van der Waals surface area contributed by atoms with Gasteiger partial charge in [0, 0.05) is 12.6 Å². The number of piperidine rings is 1. The highest BCUT2D eigenvalue weighted by molar-refractivity contribution is 5.77. The summed E-state index contributed by atoms with van der Waals surface area (Å²) in [6, 6.07) is 9.04. The number of anilines is 1. The molecule has 2 heterocycles. The van der Waals surface area contributed by atoms with Crippen LogP contribution in [0.1, 0.15) is 25.7 Å². The maximum Gasteiger partial charge on any atom is 0.204 e. The number of para-hydroxylation sites is 2. The Morgan fingerprint density at radius 3 is 2.65 bits per heavy atom. The van der Waals surface area contributed by atoms with Gasteiger partial charge in [0.1, 0.15) is 0 Å². The number of H-pyrrole nitrogens is 1. The van der Waals surface area contributed by atoms with E-state index in [-0.39, 0.29) is 0 Å². The molecular formula is C16H22N4. The molecule has 4 heteroatoms. The van der Waals surface area contributed by atoms with E-state index >= 15 is 0 Å². The number of hydrogen-bond donors (Lipinski definition) is 2. The second-order valence-electron chi connectivity index (χ2n) is 6.15. The van der Waals surface area contributed by atoms with Crippen molar-refractivity contribution in [3.63, 3.8) is 0 Å². The van der Waals surface area contributed by atoms with E-state index in [0.29, 0.717) is 6.04 Å². The van der Waals surface area contributed by atoms with Crippen LogP contribution in [0.3, 0.4) is 0 Å². The van der Waals surface area contributed by atoms with Gasteiger partial charge in [0.25, 0.3) is 0 Å². The van der Waals surface area contributed by atoms with Crippen molar-refractivity contribution < 1.29 is 0 Å². The van der Waals surface area contributed by atoms with Crippen LogP contribution in [0.2, 0.25) is 0 Å². The van der Waals surface area contributed by atoms with E-state index in [1.165, 1.54) is 38.8 Å². The highest BCUT2D eigenvalue weighted by Crippen LogP contribution is 2.32. The number of benzene rings is 1. The van der Waals surface area contributed by atoms with Gasteiger partial charge in [-0.1, -0.05) is 12.1 Å². The summed E-state index contributed by atoms with van der Waals surface area (Å²) in [6.45, 7) is 3.50. The third-order valence-electron chi connectivity index (χ3n) is 4.55. The van der Waals surface area contributed by atoms with Crippen molar-refractivity contribution in [2.24, 2.45) is 5.92 Å². The quantitative estimate of drug-likeness (QED) is 0.897. The van der Waals surface area contributed by atoms with Crippen LogP contribution in [0.25, 0.3) is 11.0 Å². The van der Waals surface area contributed by atoms with Crippen molar-refractivity contribution in [1.82, 2.24) is 15.3 Å². The zero-order valence-electron chi connectivity index (χ0n) is 11.8. The zero-order chi connectivity index (χ0) is 13.4. The largest absolute Gasteiger partial charge is 0.339 e. The van der Waals surface area contributed by atoms with Crippen LogP contribution in [0.15, 0.2) is 24.3 Å². The first-order chi connectivity index (χ1) is 9.90. The molecule has 2 aliphatic rings. The van der Waals surface area contributed by atoms with Gasteiger partial charge in [-0.05, 0) is 56.8 Å². The lowest BCUT2D eigenvalue weighted by molar-refractivity contribution is 0.371. The Hall–Kier alpha value is -1.55. The Kier molecular flexibility index (Phi) is 3.11. The van der Waals surface area contributed by atoms with Gasteiger partial charge in [-0.2, -0.15) is 0 Å². The molecule has 0 bridgehead atoms. The molecule has 1 aromatic carbocycles. The summed E-state index contributed by atoms with van der Waals surface area (Å²) in [4.78, 5) is 10.8. The minimum absolute atomic E-state index is 0.713. The zero-order valence-corrected chi connectivity index (χ0v) is 11.8. The van der Waals surface area contributed by atoms with Gasteiger partial charge in [-0.15, -0.1) is 0 Å². The normalized spacial score (nSPS) is 20.4. The number of hydrogen-bond acceptors (Lipinski definition) is 3. The minimum Gasteiger partial charge on any atom is -0.339 e. The van der Waals surface area contributed by atoms with Crippen LogP contribution >= 0.6 is 0 Å². The molecule has 2 N–H and O–H groups in total. The van der Waals surface area contributed by atoms with Crippen LogP contribution in [-0.2, 0) is 0 Å². The Labute approximate surface area is 119 Å². The molecule has 1 saturated carbocycles. The molecule has 0 amide bonds. The summed E-state index contributed by atoms with van der Waals surface area (Å²) in [7, 11) is 0. The second kappa shape index (κ2) is 5.09. The van der Waals surface area contributed by atoms with Crippen LogP contribution in [-0.4, -0.2) is 35.6 Å². The van der Waals surface area contributed by atoms with Crippen LogP contribution < -0.4 is 10.2 Å². The van der Waals surface area contributed by atoms with E-state index in [4.69, 9.17) is 4.98 Å². The highest BCUT2D eigenvalue weighted by Gasteiger charge is 2.32. The standard InChI is InChI=1S/C16H22N4/c1-2-4-15-14(3-1)18-16(19-15)20(13-5-6-13)11-12-7-9-17-10-8-12/h1-4,12-13,17H,5-11H2,(H,18,19). The van der Waals surface area contributed by atoms with Gasteiger partial charge in [0.15, 0.2) is 0 Å². The predicted molar refractivity (Wildman–Crippen MR) is 82.1 cm³/mol. The number of nitrogens with one attached hydrogen (secondary N) is 2. The highest BCUT2D eigenvalue weighted by atomic mass is 15.3. The Morgan fingerprint density at radius 1 is 1.10 bits per heavy atom. The van der Waals surface area contributed by atoms with Gasteiger partial charge >= 0.3 is 0 Å². The van der Waals surface area contributed by atoms with Crippen molar-refractivity contribution in [2.45, 2.75) is 31.7 Å². The Morgan fingerprint density at radius 2 is 1.90 bits per heavy atom. The number of aromatic nitrogens is 2. The van der Waals surface area contributed by atoms with Gasteiger partial charge < -0.3 is 15.2 Å². The first kappa shape index (κ1) is 12.2. The molecule has 0 radical (unpaired) electrons. The van der Waals surface area contributed by atoms with Crippen LogP contribution in [0.4, 0.5) is 5.95 Å². The fourth-order valence-electron chi connectivity index (χ4n) is 3.21. The molecule has 4 nitrogen and oxygen atoms in total. The smallest absolute Gasteiger partial charge is 0.204 e. The SMILES string of the molecule is c1ccc2[nH]c(N(CC3CCNCC3)C3CC3)nc2c1. The lowest BCUT2D eigenvalue weighted by Crippen LogP contribution is -2.37. The lowest BCUT2D eigenvalue weighted by atomic mass is 9.97. The predicted octanol–water partition coefficient (Wildman–Crippen LogP) is 2.53. The molecule has 1 aromatic heterocycles. The maximum absolute atomic E-state index is 4.79. The third kappa shape index (κ3) is 2.40. The second-order valence-corrected chi connectivity index (χ2v) is 6.15. The molecule has 106 valence electrons. The van der Waals surface area contributed by atoms with Crippen LogP contribution in [0, 0.1) is 5.92 Å². The summed E-state index contributed by atoms with van der Waals surface area (Å²) in [5.74, 6) is 1.89. The number of rotatable bonds is 4. The summed E-state index contributed by atoms with van der Waals surface area (Å²) >= 11 is 0. The molecule has 4 rings (SSSR count). The molecular weight excluding hydrogens is 248 g/mol. The molecule has 2 aromatic rings. The number of imidazole rings is 1. The van der Waals surface area contributed by atoms with E-state index in [9.17, 15) is 0 Å². The van der Waals surface area contributed by atoms with Crippen molar-refractivity contribution in [2.75, 3.05) is 24.5 Å². The minimum atomic E-state index is 0.713. The lowest BCUT2D eigenvalue weighted by Gasteiger charge is -2.30. The van der Waals surface area contributed by atoms with Crippen LogP contribution in [0.5, 0.6) is 0 Å². The summed E-state index contributed by atoms with van der Waals surface area (Å²) in [5, 5.41) is 3.45. The Bertz CT molecular complexity index is 548. The number of nitrogens with zero attached hydrogens (tertiary/aromatic N) is 2. The molecule has 2 fully saturated rings. The van der Waals surface area contributed by atoms with E-state index in [2.05, 4.69) is 39.5 Å². The molecule has 20 heavy (non-hydrogen) atoms. The fourth-order valence-corrected chi connectivity index (χ4v) is 3.21. The molecule has 0 atom stereocenters. The number of aromatic amines is 1. The van der Waals surface area contributed by atoms with Gasteiger partial charge in [-0.3, -0.25) is 0 Å². The fraction of sp³-hybridized carbons (Fsp3) is 0.562. The molecule has 1 aliphatic carbocycles. The first-order valence-corrected chi connectivity index (χ1v) is 7.82. The average molecular weight is 270 g/mol. The van der Waals surface area contributed by atoms with Crippen molar-refractivity contribution in [3.8, 4) is 0 Å². The topological polar surface area (TPSA) is 44.0 Å². The Balaban J connectivity index is 1.58. The molecule has 1 aliphatic heterocycles. The van der Waals surface area contributed by atoms with E-state index in [1.54, 1.807) is 0 Å². The molecule has 0 unspecified atom stereocenters. The van der Waals surface area contributed by atoms with Crippen molar-refractivity contribution in [1.29, 1.82) is 0 Å². The molecule has 0 spiro atoms. The first-order valence-electron chi connectivity index (χ1n) is 7.82.